The third-order valence-corrected chi connectivity index (χ3v) is 3.65. The second-order valence-electron chi connectivity index (χ2n) is 5.08. The first-order chi connectivity index (χ1) is 10.7. The van der Waals surface area contributed by atoms with Crippen LogP contribution in [0.25, 0.3) is 5.70 Å². The van der Waals surface area contributed by atoms with E-state index >= 15 is 0 Å². The molecule has 0 amide bonds. The first-order valence-corrected chi connectivity index (χ1v) is 7.17. The van der Waals surface area contributed by atoms with Gasteiger partial charge in [-0.25, -0.2) is 4.99 Å². The minimum atomic E-state index is 0.0247. The van der Waals surface area contributed by atoms with Gasteiger partial charge in [0, 0.05) is 25.6 Å². The van der Waals surface area contributed by atoms with Gasteiger partial charge in [0.05, 0.1) is 7.11 Å². The molecule has 2 rings (SSSR count). The summed E-state index contributed by atoms with van der Waals surface area (Å²) >= 11 is 0. The number of allylic oxidation sites excluding steroid dienone is 1. The van der Waals surface area contributed by atoms with Gasteiger partial charge in [-0.2, -0.15) is 10.5 Å². The number of piperidine rings is 1. The number of amidine groups is 1. The predicted octanol–water partition coefficient (Wildman–Crippen LogP) is 2.97. The van der Waals surface area contributed by atoms with Gasteiger partial charge in [0.1, 0.15) is 29.4 Å². The summed E-state index contributed by atoms with van der Waals surface area (Å²) in [6.07, 6.45) is 3.08. The number of benzene rings is 1. The van der Waals surface area contributed by atoms with Gasteiger partial charge in [0.25, 0.3) is 0 Å². The highest BCUT2D eigenvalue weighted by Crippen LogP contribution is 2.24. The molecule has 0 N–H and O–H groups in total. The third kappa shape index (κ3) is 3.45. The zero-order valence-corrected chi connectivity index (χ0v) is 12.8. The van der Waals surface area contributed by atoms with E-state index < -0.39 is 0 Å². The topological polar surface area (TPSA) is 72.4 Å². The van der Waals surface area contributed by atoms with E-state index in [2.05, 4.69) is 9.89 Å². The largest absolute Gasteiger partial charge is 0.497 e. The monoisotopic (exact) mass is 294 g/mol. The van der Waals surface area contributed by atoms with Crippen LogP contribution in [-0.2, 0) is 0 Å². The molecule has 22 heavy (non-hydrogen) atoms. The standard InChI is InChI=1S/C17H18N4O/c1-21-10-4-3-5-16(21)20-17(14(11-18)12-19)13-6-8-15(22-2)9-7-13/h6-9H,3-5,10H2,1-2H3. The van der Waals surface area contributed by atoms with E-state index in [1.165, 1.54) is 0 Å². The molecule has 1 aliphatic rings. The molecule has 1 aliphatic heterocycles. The quantitative estimate of drug-likeness (QED) is 0.803. The Bertz CT molecular complexity index is 658. The molecule has 0 spiro atoms. The molecule has 0 unspecified atom stereocenters. The van der Waals surface area contributed by atoms with Crippen molar-refractivity contribution >= 4 is 11.5 Å². The van der Waals surface area contributed by atoms with Crippen molar-refractivity contribution < 1.29 is 4.74 Å². The highest BCUT2D eigenvalue weighted by Gasteiger charge is 2.16. The van der Waals surface area contributed by atoms with Crippen LogP contribution in [0.5, 0.6) is 5.75 Å². The Morgan fingerprint density at radius 2 is 1.86 bits per heavy atom. The number of hydrogen-bond acceptors (Lipinski definition) is 4. The lowest BCUT2D eigenvalue weighted by Gasteiger charge is -2.26. The van der Waals surface area contributed by atoms with E-state index in [4.69, 9.17) is 4.74 Å². The van der Waals surface area contributed by atoms with Crippen molar-refractivity contribution in [2.45, 2.75) is 19.3 Å². The summed E-state index contributed by atoms with van der Waals surface area (Å²) in [4.78, 5) is 6.70. The summed E-state index contributed by atoms with van der Waals surface area (Å²) in [6, 6.07) is 11.1. The van der Waals surface area contributed by atoms with E-state index in [0.717, 1.165) is 43.0 Å². The third-order valence-electron chi connectivity index (χ3n) is 3.65. The fourth-order valence-corrected chi connectivity index (χ4v) is 2.37. The predicted molar refractivity (Wildman–Crippen MR) is 85.1 cm³/mol. The van der Waals surface area contributed by atoms with Crippen LogP contribution in [0.3, 0.4) is 0 Å². The van der Waals surface area contributed by atoms with Crippen LogP contribution in [0.4, 0.5) is 0 Å². The molecule has 0 atom stereocenters. The minimum absolute atomic E-state index is 0.0247. The van der Waals surface area contributed by atoms with Gasteiger partial charge in [-0.3, -0.25) is 0 Å². The maximum atomic E-state index is 9.22. The van der Waals surface area contributed by atoms with Crippen molar-refractivity contribution in [1.82, 2.24) is 4.90 Å². The molecule has 1 fully saturated rings. The Labute approximate surface area is 130 Å². The fraction of sp³-hybridized carbons (Fsp3) is 0.353. The summed E-state index contributed by atoms with van der Waals surface area (Å²) in [5.41, 5.74) is 1.19. The number of rotatable bonds is 3. The Morgan fingerprint density at radius 1 is 1.18 bits per heavy atom. The van der Waals surface area contributed by atoms with E-state index in [1.807, 2.05) is 31.3 Å². The lowest BCUT2D eigenvalue weighted by atomic mass is 10.1. The molecule has 1 aromatic carbocycles. The Balaban J connectivity index is 2.48. The van der Waals surface area contributed by atoms with E-state index in [0.29, 0.717) is 5.70 Å². The molecular weight excluding hydrogens is 276 g/mol. The number of aliphatic imine (C=N–C) groups is 1. The van der Waals surface area contributed by atoms with Gasteiger partial charge >= 0.3 is 0 Å². The van der Waals surface area contributed by atoms with Crippen molar-refractivity contribution in [3.8, 4) is 17.9 Å². The maximum absolute atomic E-state index is 9.22. The summed E-state index contributed by atoms with van der Waals surface area (Å²) < 4.78 is 5.14. The highest BCUT2D eigenvalue weighted by molar-refractivity contribution is 5.90. The number of methoxy groups -OCH3 is 1. The molecule has 5 nitrogen and oxygen atoms in total. The second-order valence-corrected chi connectivity index (χ2v) is 5.08. The van der Waals surface area contributed by atoms with Gasteiger partial charge in [-0.05, 0) is 37.1 Å². The summed E-state index contributed by atoms with van der Waals surface area (Å²) in [6.45, 7) is 0.948. The van der Waals surface area contributed by atoms with E-state index in [9.17, 15) is 10.5 Å². The van der Waals surface area contributed by atoms with Gasteiger partial charge in [0.15, 0.2) is 5.57 Å². The van der Waals surface area contributed by atoms with E-state index in [-0.39, 0.29) is 5.57 Å². The number of nitriles is 2. The molecule has 112 valence electrons. The zero-order chi connectivity index (χ0) is 15.9. The van der Waals surface area contributed by atoms with Crippen molar-refractivity contribution in [2.24, 2.45) is 4.99 Å². The van der Waals surface area contributed by atoms with Gasteiger partial charge < -0.3 is 9.64 Å². The lowest BCUT2D eigenvalue weighted by molar-refractivity contribution is 0.415. The van der Waals surface area contributed by atoms with Crippen LogP contribution in [-0.4, -0.2) is 31.4 Å². The molecule has 1 saturated heterocycles. The fourth-order valence-electron chi connectivity index (χ4n) is 2.37. The van der Waals surface area contributed by atoms with Crippen LogP contribution in [0.2, 0.25) is 0 Å². The Kier molecular flexibility index (Phi) is 5.16. The molecule has 0 aromatic heterocycles. The van der Waals surface area contributed by atoms with Crippen molar-refractivity contribution in [3.63, 3.8) is 0 Å². The zero-order valence-electron chi connectivity index (χ0n) is 12.8. The summed E-state index contributed by atoms with van der Waals surface area (Å²) in [5.74, 6) is 1.64. The summed E-state index contributed by atoms with van der Waals surface area (Å²) in [5, 5.41) is 18.4. The smallest absolute Gasteiger partial charge is 0.155 e. The van der Waals surface area contributed by atoms with Crippen molar-refractivity contribution in [3.05, 3.63) is 35.4 Å². The average Bonchev–Trinajstić information content (AvgIpc) is 2.57. The van der Waals surface area contributed by atoms with Gasteiger partial charge in [0.2, 0.25) is 0 Å². The van der Waals surface area contributed by atoms with Crippen LogP contribution in [0.1, 0.15) is 24.8 Å². The van der Waals surface area contributed by atoms with Crippen LogP contribution in [0.15, 0.2) is 34.8 Å². The van der Waals surface area contributed by atoms with Crippen LogP contribution in [0, 0.1) is 22.7 Å². The molecule has 0 radical (unpaired) electrons. The molecule has 1 aromatic rings. The van der Waals surface area contributed by atoms with Crippen molar-refractivity contribution in [1.29, 1.82) is 10.5 Å². The van der Waals surface area contributed by atoms with Gasteiger partial charge in [-0.15, -0.1) is 0 Å². The van der Waals surface area contributed by atoms with Crippen LogP contribution < -0.4 is 4.74 Å². The minimum Gasteiger partial charge on any atom is -0.497 e. The maximum Gasteiger partial charge on any atom is 0.155 e. The molecule has 0 aliphatic carbocycles. The number of hydrogen-bond donors (Lipinski definition) is 0. The number of nitrogens with zero attached hydrogens (tertiary/aromatic N) is 4. The van der Waals surface area contributed by atoms with E-state index in [1.54, 1.807) is 19.2 Å². The number of ether oxygens (including phenoxy) is 1. The normalized spacial score (nSPS) is 15.8. The highest BCUT2D eigenvalue weighted by atomic mass is 16.5. The SMILES string of the molecule is COc1ccc(C(N=C2CCCCN2C)=C(C#N)C#N)cc1. The van der Waals surface area contributed by atoms with Gasteiger partial charge in [-0.1, -0.05) is 0 Å². The molecule has 5 heteroatoms. The first-order valence-electron chi connectivity index (χ1n) is 7.17. The van der Waals surface area contributed by atoms with Crippen LogP contribution >= 0.6 is 0 Å². The van der Waals surface area contributed by atoms with Crippen molar-refractivity contribution in [2.75, 3.05) is 20.7 Å². The second kappa shape index (κ2) is 7.28. The first kappa shape index (κ1) is 15.6. The molecular formula is C17H18N4O. The lowest BCUT2D eigenvalue weighted by Crippen LogP contribution is -2.31. The summed E-state index contributed by atoms with van der Waals surface area (Å²) in [7, 11) is 3.58. The number of likely N-dealkylation sites (tertiary alicyclic amines) is 1. The average molecular weight is 294 g/mol. The molecule has 0 bridgehead atoms. The molecule has 1 heterocycles. The Hall–Kier alpha value is -2.79. The Morgan fingerprint density at radius 3 is 2.41 bits per heavy atom. The molecule has 0 saturated carbocycles.